The Labute approximate surface area is 151 Å². The van der Waals surface area contributed by atoms with Crippen LogP contribution in [0.5, 0.6) is 0 Å². The van der Waals surface area contributed by atoms with Gasteiger partial charge in [0, 0.05) is 17.6 Å². The van der Waals surface area contributed by atoms with E-state index >= 15 is 0 Å². The van der Waals surface area contributed by atoms with Crippen LogP contribution < -0.4 is 5.32 Å². The van der Waals surface area contributed by atoms with Gasteiger partial charge in [-0.2, -0.15) is 0 Å². The molecule has 2 aromatic carbocycles. The van der Waals surface area contributed by atoms with E-state index in [-0.39, 0.29) is 29.4 Å². The van der Waals surface area contributed by atoms with E-state index in [1.165, 1.54) is 28.8 Å². The number of benzene rings is 2. The number of hydrogen-bond donors (Lipinski definition) is 1. The maximum absolute atomic E-state index is 12.9. The van der Waals surface area contributed by atoms with Gasteiger partial charge in [-0.25, -0.2) is 4.39 Å². The molecule has 0 saturated carbocycles. The molecule has 0 unspecified atom stereocenters. The van der Waals surface area contributed by atoms with E-state index in [0.717, 1.165) is 10.5 Å². The first-order chi connectivity index (χ1) is 11.8. The zero-order chi connectivity index (χ0) is 18.4. The minimum Gasteiger partial charge on any atom is -0.335 e. The van der Waals surface area contributed by atoms with Crippen LogP contribution >= 0.6 is 11.8 Å². The maximum atomic E-state index is 12.9. The van der Waals surface area contributed by atoms with E-state index in [4.69, 9.17) is 0 Å². The van der Waals surface area contributed by atoms with Gasteiger partial charge >= 0.3 is 0 Å². The molecule has 0 aliphatic heterocycles. The molecule has 0 bridgehead atoms. The Kier molecular flexibility index (Phi) is 6.58. The molecule has 2 amide bonds. The number of carbonyl (C=O) groups is 2. The first-order valence-electron chi connectivity index (χ1n) is 7.89. The lowest BCUT2D eigenvalue weighted by Crippen LogP contribution is -2.38. The summed E-state index contributed by atoms with van der Waals surface area (Å²) >= 11 is 1.33. The number of nitrogens with one attached hydrogen (secondary N) is 1. The van der Waals surface area contributed by atoms with Crippen LogP contribution in [-0.2, 0) is 9.59 Å². The Morgan fingerprint density at radius 3 is 2.32 bits per heavy atom. The van der Waals surface area contributed by atoms with E-state index in [9.17, 15) is 14.0 Å². The third kappa shape index (κ3) is 5.90. The van der Waals surface area contributed by atoms with Crippen molar-refractivity contribution >= 4 is 29.3 Å². The number of hydrogen-bond acceptors (Lipinski definition) is 3. The van der Waals surface area contributed by atoms with Crippen molar-refractivity contribution in [2.24, 2.45) is 0 Å². The highest BCUT2D eigenvalue weighted by atomic mass is 32.2. The molecule has 1 atom stereocenters. The van der Waals surface area contributed by atoms with Gasteiger partial charge in [-0.1, -0.05) is 17.7 Å². The van der Waals surface area contributed by atoms with E-state index in [1.54, 1.807) is 26.1 Å². The molecule has 0 radical (unpaired) electrons. The minimum absolute atomic E-state index is 0.0268. The summed E-state index contributed by atoms with van der Waals surface area (Å²) in [6, 6.07) is 13.4. The fourth-order valence-electron chi connectivity index (χ4n) is 2.21. The van der Waals surface area contributed by atoms with E-state index < -0.39 is 0 Å². The first kappa shape index (κ1) is 19.0. The predicted octanol–water partition coefficient (Wildman–Crippen LogP) is 3.71. The van der Waals surface area contributed by atoms with Crippen molar-refractivity contribution in [2.45, 2.75) is 24.0 Å². The number of amides is 2. The van der Waals surface area contributed by atoms with Crippen LogP contribution in [0.4, 0.5) is 10.1 Å². The Balaban J connectivity index is 1.86. The molecular formula is C19H21FN2O2S. The average molecular weight is 360 g/mol. The molecule has 0 aliphatic carbocycles. The smallest absolute Gasteiger partial charge is 0.243 e. The summed E-state index contributed by atoms with van der Waals surface area (Å²) < 4.78 is 12.9. The largest absolute Gasteiger partial charge is 0.335 e. The molecule has 6 heteroatoms. The summed E-state index contributed by atoms with van der Waals surface area (Å²) in [7, 11) is 1.60. The molecule has 2 rings (SSSR count). The summed E-state index contributed by atoms with van der Waals surface area (Å²) in [5.74, 6) is -0.722. The quantitative estimate of drug-likeness (QED) is 0.799. The Morgan fingerprint density at radius 1 is 1.12 bits per heavy atom. The van der Waals surface area contributed by atoms with Crippen molar-refractivity contribution in [3.05, 3.63) is 59.9 Å². The summed E-state index contributed by atoms with van der Waals surface area (Å²) in [5.41, 5.74) is 1.81. The van der Waals surface area contributed by atoms with Crippen LogP contribution in [0.25, 0.3) is 0 Å². The lowest BCUT2D eigenvalue weighted by atomic mass is 10.2. The molecule has 0 heterocycles. The Morgan fingerprint density at radius 2 is 1.72 bits per heavy atom. The molecule has 132 valence electrons. The van der Waals surface area contributed by atoms with Crippen molar-refractivity contribution in [2.75, 3.05) is 18.9 Å². The Hall–Kier alpha value is -2.34. The SMILES string of the molecule is Cc1ccc(NC(=O)CN(C)C(=O)[C@@H](C)Sc2ccc(F)cc2)cc1. The number of halogens is 1. The van der Waals surface area contributed by atoms with Gasteiger partial charge in [0.05, 0.1) is 11.8 Å². The van der Waals surface area contributed by atoms with Crippen LogP contribution in [0.3, 0.4) is 0 Å². The van der Waals surface area contributed by atoms with Crippen molar-refractivity contribution in [3.63, 3.8) is 0 Å². The molecular weight excluding hydrogens is 339 g/mol. The van der Waals surface area contributed by atoms with Crippen LogP contribution in [0, 0.1) is 12.7 Å². The monoisotopic (exact) mass is 360 g/mol. The number of aryl methyl sites for hydroxylation is 1. The molecule has 4 nitrogen and oxygen atoms in total. The van der Waals surface area contributed by atoms with Gasteiger partial charge in [-0.05, 0) is 50.2 Å². The number of anilines is 1. The summed E-state index contributed by atoms with van der Waals surface area (Å²) in [6.45, 7) is 3.71. The molecule has 0 aliphatic rings. The topological polar surface area (TPSA) is 49.4 Å². The second-order valence-corrected chi connectivity index (χ2v) is 7.24. The van der Waals surface area contributed by atoms with Gasteiger partial charge in [-0.3, -0.25) is 9.59 Å². The lowest BCUT2D eigenvalue weighted by Gasteiger charge is -2.20. The average Bonchev–Trinajstić information content (AvgIpc) is 2.58. The number of nitrogens with zero attached hydrogens (tertiary/aromatic N) is 1. The molecule has 0 spiro atoms. The highest BCUT2D eigenvalue weighted by Crippen LogP contribution is 2.24. The number of thioether (sulfide) groups is 1. The standard InChI is InChI=1S/C19H21FN2O2S/c1-13-4-8-16(9-5-13)21-18(23)12-22(3)19(24)14(2)25-17-10-6-15(20)7-11-17/h4-11,14H,12H2,1-3H3,(H,21,23)/t14-/m1/s1. The second kappa shape index (κ2) is 8.67. The van der Waals surface area contributed by atoms with Gasteiger partial charge in [0.25, 0.3) is 0 Å². The fourth-order valence-corrected chi connectivity index (χ4v) is 3.19. The van der Waals surface area contributed by atoms with Gasteiger partial charge < -0.3 is 10.2 Å². The number of rotatable bonds is 6. The fraction of sp³-hybridized carbons (Fsp3) is 0.263. The normalized spacial score (nSPS) is 11.7. The van der Waals surface area contributed by atoms with E-state index in [0.29, 0.717) is 5.69 Å². The van der Waals surface area contributed by atoms with E-state index in [2.05, 4.69) is 5.32 Å². The van der Waals surface area contributed by atoms with Gasteiger partial charge in [0.15, 0.2) is 0 Å². The predicted molar refractivity (Wildman–Crippen MR) is 99.2 cm³/mol. The summed E-state index contributed by atoms with van der Waals surface area (Å²) in [6.07, 6.45) is 0. The number of likely N-dealkylation sites (N-methyl/N-ethyl adjacent to an activating group) is 1. The Bertz CT molecular complexity index is 732. The summed E-state index contributed by atoms with van der Waals surface area (Å²) in [4.78, 5) is 26.7. The van der Waals surface area contributed by atoms with Gasteiger partial charge in [0.2, 0.25) is 11.8 Å². The molecule has 0 fully saturated rings. The van der Waals surface area contributed by atoms with Crippen LogP contribution in [0.1, 0.15) is 12.5 Å². The maximum Gasteiger partial charge on any atom is 0.243 e. The zero-order valence-electron chi connectivity index (χ0n) is 14.5. The van der Waals surface area contributed by atoms with Crippen LogP contribution in [0.15, 0.2) is 53.4 Å². The molecule has 0 saturated heterocycles. The molecule has 0 aromatic heterocycles. The zero-order valence-corrected chi connectivity index (χ0v) is 15.3. The molecule has 25 heavy (non-hydrogen) atoms. The highest BCUT2D eigenvalue weighted by Gasteiger charge is 2.20. The van der Waals surface area contributed by atoms with Crippen LogP contribution in [0.2, 0.25) is 0 Å². The minimum atomic E-state index is -0.373. The van der Waals surface area contributed by atoms with E-state index in [1.807, 2.05) is 31.2 Å². The van der Waals surface area contributed by atoms with Crippen molar-refractivity contribution in [3.8, 4) is 0 Å². The van der Waals surface area contributed by atoms with Gasteiger partial charge in [0.1, 0.15) is 5.82 Å². The lowest BCUT2D eigenvalue weighted by molar-refractivity contribution is -0.132. The van der Waals surface area contributed by atoms with Crippen LogP contribution in [-0.4, -0.2) is 35.6 Å². The summed E-state index contributed by atoms with van der Waals surface area (Å²) in [5, 5.41) is 2.40. The van der Waals surface area contributed by atoms with Crippen molar-refractivity contribution in [1.82, 2.24) is 4.90 Å². The highest BCUT2D eigenvalue weighted by molar-refractivity contribution is 8.00. The van der Waals surface area contributed by atoms with Gasteiger partial charge in [-0.15, -0.1) is 11.8 Å². The molecule has 2 aromatic rings. The first-order valence-corrected chi connectivity index (χ1v) is 8.77. The number of carbonyl (C=O) groups excluding carboxylic acids is 2. The third-order valence-electron chi connectivity index (χ3n) is 3.57. The molecule has 1 N–H and O–H groups in total. The second-order valence-electron chi connectivity index (χ2n) is 5.82. The van der Waals surface area contributed by atoms with Crippen molar-refractivity contribution in [1.29, 1.82) is 0 Å². The third-order valence-corrected chi connectivity index (χ3v) is 4.67. The van der Waals surface area contributed by atoms with Crippen molar-refractivity contribution < 1.29 is 14.0 Å².